The Morgan fingerprint density at radius 3 is 1.68 bits per heavy atom. The Balaban J connectivity index is 2.26. The Hall–Kier alpha value is -3.17. The fourth-order valence-electron chi connectivity index (χ4n) is 3.00. The number of hydrogen-bond acceptors (Lipinski definition) is 1. The minimum atomic E-state index is -5.13. The number of nitrogen functional groups attached to an aromatic ring is 1. The van der Waals surface area contributed by atoms with Gasteiger partial charge < -0.3 is 5.73 Å². The van der Waals surface area contributed by atoms with Gasteiger partial charge in [0.2, 0.25) is 0 Å². The van der Waals surface area contributed by atoms with Crippen molar-refractivity contribution in [3.63, 3.8) is 0 Å². The summed E-state index contributed by atoms with van der Waals surface area (Å²) in [5, 5.41) is 0. The molecule has 0 aliphatic heterocycles. The van der Waals surface area contributed by atoms with Crippen LogP contribution in [0.5, 0.6) is 0 Å². The molecule has 2 N–H and O–H groups in total. The van der Waals surface area contributed by atoms with Crippen molar-refractivity contribution in [1.29, 1.82) is 0 Å². The van der Waals surface area contributed by atoms with Gasteiger partial charge in [-0.1, -0.05) is 24.3 Å². The molecule has 3 rings (SSSR count). The molecule has 3 aromatic rings. The van der Waals surface area contributed by atoms with E-state index in [1.165, 1.54) is 18.2 Å². The number of benzene rings is 3. The summed E-state index contributed by atoms with van der Waals surface area (Å²) < 4.78 is 120. The summed E-state index contributed by atoms with van der Waals surface area (Å²) in [4.78, 5) is 0. The van der Waals surface area contributed by atoms with Crippen LogP contribution in [0.1, 0.15) is 16.7 Å². The Morgan fingerprint density at radius 1 is 0.613 bits per heavy atom. The fraction of sp³-hybridized carbons (Fsp3) is 0.143. The van der Waals surface area contributed by atoms with E-state index in [9.17, 15) is 39.5 Å². The van der Waals surface area contributed by atoms with Gasteiger partial charge in [0.25, 0.3) is 0 Å². The molecule has 0 fully saturated rings. The molecule has 0 atom stereocenters. The zero-order chi connectivity index (χ0) is 23.2. The molecule has 0 aliphatic carbocycles. The van der Waals surface area contributed by atoms with Crippen LogP contribution in [-0.2, 0) is 18.5 Å². The van der Waals surface area contributed by atoms with E-state index in [2.05, 4.69) is 6.07 Å². The van der Waals surface area contributed by atoms with Crippen LogP contribution >= 0.6 is 0 Å². The van der Waals surface area contributed by atoms with E-state index in [-0.39, 0.29) is 22.9 Å². The summed E-state index contributed by atoms with van der Waals surface area (Å²) in [6.45, 7) is 0. The first-order valence-corrected chi connectivity index (χ1v) is 8.45. The van der Waals surface area contributed by atoms with Crippen molar-refractivity contribution >= 4 is 5.69 Å². The topological polar surface area (TPSA) is 26.0 Å². The number of anilines is 1. The predicted molar refractivity (Wildman–Crippen MR) is 95.6 cm³/mol. The summed E-state index contributed by atoms with van der Waals surface area (Å²) in [7, 11) is 0. The molecule has 0 saturated heterocycles. The highest BCUT2D eigenvalue weighted by Crippen LogP contribution is 2.43. The number of nitrogens with two attached hydrogens (primary N) is 1. The van der Waals surface area contributed by atoms with Crippen LogP contribution in [-0.4, -0.2) is 0 Å². The molecule has 1 nitrogen and oxygen atoms in total. The first-order valence-electron chi connectivity index (χ1n) is 8.45. The van der Waals surface area contributed by atoms with Gasteiger partial charge in [0.15, 0.2) is 0 Å². The lowest BCUT2D eigenvalue weighted by molar-refractivity contribution is -0.143. The van der Waals surface area contributed by atoms with E-state index >= 15 is 0 Å². The zero-order valence-corrected chi connectivity index (χ0v) is 15.2. The van der Waals surface area contributed by atoms with E-state index in [4.69, 9.17) is 5.73 Å². The van der Waals surface area contributed by atoms with Gasteiger partial charge in [-0.2, -0.15) is 39.5 Å². The standard InChI is InChI=1S/C21H11F9N/c22-19(23,24)13-7-12(8-14(10-13)20(25,26)27)11-5-6-15(17(9-11)21(28,29)30)16-3-1-2-4-18(16)31/h1,3-10H,31H2. The second-order valence-electron chi connectivity index (χ2n) is 6.57. The monoisotopic (exact) mass is 448 g/mol. The first-order chi connectivity index (χ1) is 14.2. The van der Waals surface area contributed by atoms with Crippen LogP contribution in [0.2, 0.25) is 0 Å². The molecular formula is C21H11F9N. The third-order valence-electron chi connectivity index (χ3n) is 4.43. The predicted octanol–water partition coefficient (Wildman–Crippen LogP) is 7.46. The Morgan fingerprint density at radius 2 is 1.19 bits per heavy atom. The maximum Gasteiger partial charge on any atom is 0.417 e. The summed E-state index contributed by atoms with van der Waals surface area (Å²) >= 11 is 0. The highest BCUT2D eigenvalue weighted by atomic mass is 19.4. The molecule has 0 spiro atoms. The molecule has 0 bridgehead atoms. The van der Waals surface area contributed by atoms with E-state index in [0.717, 1.165) is 12.1 Å². The Bertz CT molecular complexity index is 1080. The fourth-order valence-corrected chi connectivity index (χ4v) is 3.00. The average Bonchev–Trinajstić information content (AvgIpc) is 2.65. The van der Waals surface area contributed by atoms with Crippen LogP contribution in [0.4, 0.5) is 45.2 Å². The third-order valence-corrected chi connectivity index (χ3v) is 4.43. The first kappa shape index (κ1) is 22.5. The van der Waals surface area contributed by atoms with Crippen molar-refractivity contribution < 1.29 is 39.5 Å². The van der Waals surface area contributed by atoms with E-state index < -0.39 is 46.3 Å². The van der Waals surface area contributed by atoms with Gasteiger partial charge >= 0.3 is 18.5 Å². The number of rotatable bonds is 2. The lowest BCUT2D eigenvalue weighted by Crippen LogP contribution is -2.11. The van der Waals surface area contributed by atoms with Gasteiger partial charge in [0, 0.05) is 11.3 Å². The second kappa shape index (κ2) is 7.51. The van der Waals surface area contributed by atoms with Crippen molar-refractivity contribution in [3.8, 4) is 22.3 Å². The summed E-state index contributed by atoms with van der Waals surface area (Å²) in [6, 6.07) is 9.54. The van der Waals surface area contributed by atoms with Crippen molar-refractivity contribution in [2.75, 3.05) is 5.73 Å². The molecule has 0 aliphatic rings. The van der Waals surface area contributed by atoms with Crippen LogP contribution in [0.3, 0.4) is 0 Å². The van der Waals surface area contributed by atoms with Crippen LogP contribution in [0, 0.1) is 6.07 Å². The minimum Gasteiger partial charge on any atom is -0.398 e. The van der Waals surface area contributed by atoms with Gasteiger partial charge in [-0.05, 0) is 53.1 Å². The second-order valence-corrected chi connectivity index (χ2v) is 6.57. The molecular weight excluding hydrogens is 437 g/mol. The largest absolute Gasteiger partial charge is 0.417 e. The van der Waals surface area contributed by atoms with Crippen molar-refractivity contribution in [1.82, 2.24) is 0 Å². The quantitative estimate of drug-likeness (QED) is 0.320. The molecule has 0 saturated carbocycles. The van der Waals surface area contributed by atoms with Crippen molar-refractivity contribution in [3.05, 3.63) is 77.4 Å². The maximum absolute atomic E-state index is 13.7. The van der Waals surface area contributed by atoms with E-state index in [1.54, 1.807) is 0 Å². The maximum atomic E-state index is 13.7. The summed E-state index contributed by atoms with van der Waals surface area (Å²) in [5.41, 5.74) is -0.332. The normalized spacial score (nSPS) is 12.8. The highest BCUT2D eigenvalue weighted by Gasteiger charge is 2.38. The van der Waals surface area contributed by atoms with Crippen LogP contribution in [0.25, 0.3) is 22.3 Å². The Kier molecular flexibility index (Phi) is 5.45. The summed E-state index contributed by atoms with van der Waals surface area (Å²) in [5.74, 6) is 0. The average molecular weight is 448 g/mol. The zero-order valence-electron chi connectivity index (χ0n) is 15.2. The molecule has 0 amide bonds. The third kappa shape index (κ3) is 4.78. The number of halogens is 9. The minimum absolute atomic E-state index is 0.00218. The van der Waals surface area contributed by atoms with Gasteiger partial charge in [-0.25, -0.2) is 0 Å². The van der Waals surface area contributed by atoms with Crippen molar-refractivity contribution in [2.24, 2.45) is 0 Å². The lowest BCUT2D eigenvalue weighted by Gasteiger charge is -2.18. The Labute approximate surface area is 169 Å². The highest BCUT2D eigenvalue weighted by molar-refractivity contribution is 5.81. The number of alkyl halides is 9. The van der Waals surface area contributed by atoms with Gasteiger partial charge in [-0.3, -0.25) is 0 Å². The molecule has 1 radical (unpaired) electrons. The smallest absolute Gasteiger partial charge is 0.398 e. The van der Waals surface area contributed by atoms with E-state index in [0.29, 0.717) is 18.2 Å². The molecule has 0 unspecified atom stereocenters. The van der Waals surface area contributed by atoms with Crippen molar-refractivity contribution in [2.45, 2.75) is 18.5 Å². The van der Waals surface area contributed by atoms with Gasteiger partial charge in [0.1, 0.15) is 0 Å². The lowest BCUT2D eigenvalue weighted by atomic mass is 9.92. The molecule has 163 valence electrons. The molecule has 31 heavy (non-hydrogen) atoms. The van der Waals surface area contributed by atoms with Crippen LogP contribution < -0.4 is 5.73 Å². The van der Waals surface area contributed by atoms with Gasteiger partial charge in [0.05, 0.1) is 16.7 Å². The van der Waals surface area contributed by atoms with Gasteiger partial charge in [-0.15, -0.1) is 0 Å². The molecule has 10 heteroatoms. The molecule has 0 heterocycles. The number of hydrogen-bond donors (Lipinski definition) is 1. The summed E-state index contributed by atoms with van der Waals surface area (Å²) in [6.07, 6.45) is -15.2. The van der Waals surface area contributed by atoms with Crippen LogP contribution in [0.15, 0.2) is 54.6 Å². The SMILES string of the molecule is Nc1c[c]ccc1-c1ccc(-c2cc(C(F)(F)F)cc(C(F)(F)F)c2)cc1C(F)(F)F. The molecule has 0 aromatic heterocycles. The van der Waals surface area contributed by atoms with E-state index in [1.807, 2.05) is 0 Å². The molecule has 3 aromatic carbocycles.